The van der Waals surface area contributed by atoms with E-state index in [1.54, 1.807) is 37.3 Å². The fourth-order valence-corrected chi connectivity index (χ4v) is 6.52. The molecule has 1 atom stereocenters. The zero-order valence-electron chi connectivity index (χ0n) is 24.9. The molecule has 0 saturated carbocycles. The van der Waals surface area contributed by atoms with E-state index in [2.05, 4.69) is 0 Å². The third-order valence-electron chi connectivity index (χ3n) is 7.33. The molecule has 1 aliphatic heterocycles. The summed E-state index contributed by atoms with van der Waals surface area (Å²) in [6.45, 7) is 2.13. The van der Waals surface area contributed by atoms with Crippen LogP contribution in [0.1, 0.15) is 35.2 Å². The number of aromatic nitrogens is 1. The van der Waals surface area contributed by atoms with Crippen LogP contribution in [-0.2, 0) is 16.1 Å². The lowest BCUT2D eigenvalue weighted by Crippen LogP contribution is -2.40. The van der Waals surface area contributed by atoms with Gasteiger partial charge in [-0.3, -0.25) is 9.36 Å². The van der Waals surface area contributed by atoms with Crippen LogP contribution in [0, 0.1) is 5.82 Å². The molecule has 0 fully saturated rings. The predicted molar refractivity (Wildman–Crippen MR) is 176 cm³/mol. The molecule has 232 valence electrons. The first-order chi connectivity index (χ1) is 22.4. The third kappa shape index (κ3) is 6.24. The van der Waals surface area contributed by atoms with Crippen molar-refractivity contribution in [1.29, 1.82) is 0 Å². The summed E-state index contributed by atoms with van der Waals surface area (Å²) in [6, 6.07) is 27.1. The van der Waals surface area contributed by atoms with Crippen molar-refractivity contribution in [1.82, 2.24) is 4.57 Å². The molecule has 0 radical (unpaired) electrons. The first-order valence-electron chi connectivity index (χ1n) is 14.5. The lowest BCUT2D eigenvalue weighted by atomic mass is 9.93. The van der Waals surface area contributed by atoms with Crippen molar-refractivity contribution in [3.8, 4) is 11.5 Å². The predicted octanol–water partition coefficient (Wildman–Crippen LogP) is 6.32. The van der Waals surface area contributed by atoms with Gasteiger partial charge in [0.05, 0.1) is 40.6 Å². The van der Waals surface area contributed by atoms with E-state index in [-0.39, 0.29) is 17.7 Å². The second-order valence-corrected chi connectivity index (χ2v) is 11.7. The Bertz CT molecular complexity index is 2110. The summed E-state index contributed by atoms with van der Waals surface area (Å²) in [5.74, 6) is -0.267. The maximum absolute atomic E-state index is 14.1. The number of esters is 1. The van der Waals surface area contributed by atoms with Crippen LogP contribution in [-0.4, -0.2) is 24.3 Å². The van der Waals surface area contributed by atoms with Crippen LogP contribution >= 0.6 is 22.9 Å². The van der Waals surface area contributed by atoms with Crippen molar-refractivity contribution >= 4 is 40.7 Å². The highest BCUT2D eigenvalue weighted by Crippen LogP contribution is 2.38. The highest BCUT2D eigenvalue weighted by molar-refractivity contribution is 7.07. The zero-order chi connectivity index (χ0) is 32.2. The first-order valence-corrected chi connectivity index (χ1v) is 15.7. The van der Waals surface area contributed by atoms with Crippen LogP contribution < -0.4 is 24.4 Å². The second-order valence-electron chi connectivity index (χ2n) is 10.3. The lowest BCUT2D eigenvalue weighted by Gasteiger charge is -2.25. The van der Waals surface area contributed by atoms with Gasteiger partial charge in [0.2, 0.25) is 0 Å². The minimum Gasteiger partial charge on any atom is -0.493 e. The number of nitrogens with zero attached hydrogens (tertiary/aromatic N) is 2. The van der Waals surface area contributed by atoms with Crippen LogP contribution in [0.15, 0.2) is 112 Å². The monoisotopic (exact) mass is 654 g/mol. The number of fused-ring (bicyclic) bond motifs is 1. The summed E-state index contributed by atoms with van der Waals surface area (Å²) in [4.78, 5) is 32.9. The smallest absolute Gasteiger partial charge is 0.338 e. The van der Waals surface area contributed by atoms with E-state index < -0.39 is 17.8 Å². The maximum atomic E-state index is 14.1. The molecule has 10 heteroatoms. The van der Waals surface area contributed by atoms with Crippen LogP contribution in [0.2, 0.25) is 5.02 Å². The van der Waals surface area contributed by atoms with E-state index >= 15 is 0 Å². The average molecular weight is 655 g/mol. The van der Waals surface area contributed by atoms with Crippen molar-refractivity contribution in [2.45, 2.75) is 19.6 Å². The third-order valence-corrected chi connectivity index (χ3v) is 8.60. The number of benzene rings is 4. The normalized spacial score (nSPS) is 14.4. The van der Waals surface area contributed by atoms with Gasteiger partial charge in [0.25, 0.3) is 5.56 Å². The second kappa shape index (κ2) is 13.6. The number of hydrogen-bond donors (Lipinski definition) is 0. The van der Waals surface area contributed by atoms with Crippen LogP contribution in [0.3, 0.4) is 0 Å². The number of methoxy groups -OCH3 is 1. The molecule has 1 aromatic heterocycles. The molecular formula is C36H28ClFN2O5S. The van der Waals surface area contributed by atoms with Crippen molar-refractivity contribution in [3.63, 3.8) is 0 Å². The number of hydrogen-bond acceptors (Lipinski definition) is 7. The molecule has 1 aliphatic rings. The minimum atomic E-state index is -0.917. The van der Waals surface area contributed by atoms with Gasteiger partial charge < -0.3 is 14.2 Å². The largest absolute Gasteiger partial charge is 0.493 e. The van der Waals surface area contributed by atoms with E-state index in [1.165, 1.54) is 35.1 Å². The zero-order valence-corrected chi connectivity index (χ0v) is 26.5. The molecule has 0 bridgehead atoms. The van der Waals surface area contributed by atoms with E-state index in [0.717, 1.165) is 5.56 Å². The fourth-order valence-electron chi connectivity index (χ4n) is 5.25. The Kier molecular flexibility index (Phi) is 9.14. The summed E-state index contributed by atoms with van der Waals surface area (Å²) in [6.07, 6.45) is 1.69. The van der Waals surface area contributed by atoms with Gasteiger partial charge >= 0.3 is 5.97 Å². The van der Waals surface area contributed by atoms with E-state index in [0.29, 0.717) is 54.8 Å². The molecule has 0 N–H and O–H groups in total. The molecule has 2 heterocycles. The summed E-state index contributed by atoms with van der Waals surface area (Å²) < 4.78 is 32.9. The van der Waals surface area contributed by atoms with Crippen molar-refractivity contribution in [3.05, 3.63) is 155 Å². The van der Waals surface area contributed by atoms with Gasteiger partial charge in [0.15, 0.2) is 16.3 Å². The van der Waals surface area contributed by atoms with Crippen molar-refractivity contribution < 1.29 is 23.4 Å². The van der Waals surface area contributed by atoms with Crippen molar-refractivity contribution in [2.24, 2.45) is 4.99 Å². The number of carbonyl (C=O) groups is 1. The molecule has 5 aromatic rings. The Morgan fingerprint density at radius 1 is 1.02 bits per heavy atom. The quantitative estimate of drug-likeness (QED) is 0.174. The van der Waals surface area contributed by atoms with Gasteiger partial charge in [-0.25, -0.2) is 14.2 Å². The van der Waals surface area contributed by atoms with Crippen LogP contribution in [0.5, 0.6) is 11.5 Å². The number of thiazole rings is 1. The molecule has 0 aliphatic carbocycles. The molecule has 7 nitrogen and oxygen atoms in total. The maximum Gasteiger partial charge on any atom is 0.338 e. The van der Waals surface area contributed by atoms with Crippen molar-refractivity contribution in [2.75, 3.05) is 13.7 Å². The Labute approximate surface area is 273 Å². The van der Waals surface area contributed by atoms with Gasteiger partial charge in [0, 0.05) is 5.56 Å². The highest BCUT2D eigenvalue weighted by atomic mass is 35.5. The Morgan fingerprint density at radius 3 is 2.39 bits per heavy atom. The molecule has 0 unspecified atom stereocenters. The summed E-state index contributed by atoms with van der Waals surface area (Å²) in [5, 5.41) is 0.314. The van der Waals surface area contributed by atoms with Gasteiger partial charge in [-0.2, -0.15) is 0 Å². The first kappa shape index (κ1) is 31.0. The minimum absolute atomic E-state index is 0.124. The molecular weight excluding hydrogens is 627 g/mol. The van der Waals surface area contributed by atoms with Gasteiger partial charge in [0.1, 0.15) is 12.4 Å². The molecule has 6 rings (SSSR count). The van der Waals surface area contributed by atoms with E-state index in [1.807, 2.05) is 60.7 Å². The summed E-state index contributed by atoms with van der Waals surface area (Å²) in [5.41, 5.74) is 2.97. The lowest BCUT2D eigenvalue weighted by molar-refractivity contribution is -0.138. The average Bonchev–Trinajstić information content (AvgIpc) is 3.38. The Balaban J connectivity index is 1.50. The number of halogens is 2. The molecule has 0 spiro atoms. The van der Waals surface area contributed by atoms with Gasteiger partial charge in [-0.15, -0.1) is 0 Å². The topological polar surface area (TPSA) is 79.1 Å². The number of carbonyl (C=O) groups excluding carboxylic acids is 1. The SMILES string of the molecule is CCOC(=O)C1=C(c2ccccc2)N=c2s/c(=C\c3cc(Cl)c(OCc4ccccc4)c(OC)c3)c(=O)n2[C@H]1c1ccc(F)cc1. The standard InChI is InChI=1S/C36H28ClFN2O5S/c1-3-44-35(42)30-31(24-12-8-5-9-13-24)39-36-40(32(30)25-14-16-26(38)17-15-25)34(41)29(46-36)20-23-18-27(37)33(28(19-23)43-2)45-21-22-10-6-4-7-11-22/h4-20,32H,3,21H2,1-2H3/b29-20-/t32-/m0/s1. The fraction of sp³-hybridized carbons (Fsp3) is 0.139. The Hall–Kier alpha value is -4.99. The van der Waals surface area contributed by atoms with Crippen LogP contribution in [0.4, 0.5) is 4.39 Å². The molecule has 4 aromatic carbocycles. The molecule has 46 heavy (non-hydrogen) atoms. The van der Waals surface area contributed by atoms with Crippen LogP contribution in [0.25, 0.3) is 11.8 Å². The number of ether oxygens (including phenoxy) is 3. The summed E-state index contributed by atoms with van der Waals surface area (Å²) >= 11 is 7.83. The van der Waals surface area contributed by atoms with E-state index in [9.17, 15) is 14.0 Å². The summed E-state index contributed by atoms with van der Waals surface area (Å²) in [7, 11) is 1.52. The van der Waals surface area contributed by atoms with Gasteiger partial charge in [-0.1, -0.05) is 95.7 Å². The van der Waals surface area contributed by atoms with E-state index in [4.69, 9.17) is 30.8 Å². The molecule has 0 amide bonds. The molecule has 0 saturated heterocycles. The van der Waals surface area contributed by atoms with Gasteiger partial charge in [-0.05, 0) is 54.0 Å². The Morgan fingerprint density at radius 2 is 1.72 bits per heavy atom. The number of rotatable bonds is 9. The highest BCUT2D eigenvalue weighted by Gasteiger charge is 2.35.